The lowest BCUT2D eigenvalue weighted by molar-refractivity contribution is -0.0518. The van der Waals surface area contributed by atoms with Crippen LogP contribution in [0.1, 0.15) is 0 Å². The van der Waals surface area contributed by atoms with Crippen molar-refractivity contribution in [1.82, 2.24) is 4.90 Å². The second kappa shape index (κ2) is 6.43. The first kappa shape index (κ1) is 14.4. The Labute approximate surface area is 121 Å². The first-order chi connectivity index (χ1) is 9.06. The van der Waals surface area contributed by atoms with Crippen LogP contribution in [0.2, 0.25) is 10.0 Å². The number of carbonyl (C=O) groups is 1. The minimum Gasteiger partial charge on any atom is -0.348 e. The van der Waals surface area contributed by atoms with Crippen molar-refractivity contribution < 1.29 is 14.3 Å². The molecule has 1 heterocycles. The van der Waals surface area contributed by atoms with Gasteiger partial charge in [-0.25, -0.2) is 4.79 Å². The molecule has 0 atom stereocenters. The molecule has 7 heteroatoms. The van der Waals surface area contributed by atoms with Crippen LogP contribution in [0.15, 0.2) is 18.2 Å². The van der Waals surface area contributed by atoms with Crippen molar-refractivity contribution in [2.45, 2.75) is 6.29 Å². The molecule has 0 aromatic heterocycles. The smallest absolute Gasteiger partial charge is 0.321 e. The van der Waals surface area contributed by atoms with Crippen molar-refractivity contribution >= 4 is 34.9 Å². The van der Waals surface area contributed by atoms with Gasteiger partial charge >= 0.3 is 6.03 Å². The average molecular weight is 305 g/mol. The minimum absolute atomic E-state index is 0.289. The summed E-state index contributed by atoms with van der Waals surface area (Å²) >= 11 is 11.8. The highest BCUT2D eigenvalue weighted by Gasteiger charge is 2.20. The Bertz CT molecular complexity index is 464. The van der Waals surface area contributed by atoms with Crippen molar-refractivity contribution in [2.75, 3.05) is 32.1 Å². The third-order valence-electron chi connectivity index (χ3n) is 2.63. The zero-order valence-corrected chi connectivity index (χ0v) is 11.9. The molecule has 0 radical (unpaired) electrons. The lowest BCUT2D eigenvalue weighted by Crippen LogP contribution is -2.37. The molecule has 1 aromatic carbocycles. The number of halogens is 2. The number of hydrogen-bond acceptors (Lipinski definition) is 3. The van der Waals surface area contributed by atoms with Crippen LogP contribution in [0.5, 0.6) is 0 Å². The van der Waals surface area contributed by atoms with Crippen LogP contribution in [0.4, 0.5) is 10.5 Å². The molecule has 104 valence electrons. The number of benzene rings is 1. The molecular weight excluding hydrogens is 291 g/mol. The van der Waals surface area contributed by atoms with Crippen LogP contribution in [-0.2, 0) is 9.47 Å². The lowest BCUT2D eigenvalue weighted by Gasteiger charge is -2.21. The maximum Gasteiger partial charge on any atom is 0.321 e. The second-order valence-corrected chi connectivity index (χ2v) is 4.95. The Morgan fingerprint density at radius 2 is 2.11 bits per heavy atom. The van der Waals surface area contributed by atoms with Crippen molar-refractivity contribution in [3.8, 4) is 0 Å². The standard InChI is InChI=1S/C12H14Cl2N2O3/c1-16(7-11-18-4-5-19-11)12(17)15-10-3-2-8(13)6-9(10)14/h2-3,6,11H,4-5,7H2,1H3,(H,15,17). The fourth-order valence-corrected chi connectivity index (χ4v) is 2.08. The van der Waals surface area contributed by atoms with Crippen LogP contribution < -0.4 is 5.32 Å². The van der Waals surface area contributed by atoms with Crippen molar-refractivity contribution in [3.05, 3.63) is 28.2 Å². The summed E-state index contributed by atoms with van der Waals surface area (Å²) in [6.45, 7) is 1.48. The summed E-state index contributed by atoms with van der Waals surface area (Å²) in [7, 11) is 1.66. The molecule has 0 bridgehead atoms. The van der Waals surface area contributed by atoms with Crippen LogP contribution in [0.25, 0.3) is 0 Å². The van der Waals surface area contributed by atoms with E-state index in [-0.39, 0.29) is 12.3 Å². The maximum atomic E-state index is 11.9. The summed E-state index contributed by atoms with van der Waals surface area (Å²) in [5, 5.41) is 3.61. The first-order valence-corrected chi connectivity index (χ1v) is 6.52. The van der Waals surface area contributed by atoms with E-state index in [1.807, 2.05) is 0 Å². The summed E-state index contributed by atoms with van der Waals surface area (Å²) in [4.78, 5) is 13.4. The molecule has 0 spiro atoms. The van der Waals surface area contributed by atoms with Crippen LogP contribution in [0.3, 0.4) is 0 Å². The normalized spacial score (nSPS) is 15.5. The van der Waals surface area contributed by atoms with E-state index in [1.54, 1.807) is 25.2 Å². The summed E-state index contributed by atoms with van der Waals surface area (Å²) in [6, 6.07) is 4.59. The van der Waals surface area contributed by atoms with Gasteiger partial charge < -0.3 is 19.7 Å². The summed E-state index contributed by atoms with van der Waals surface area (Å²) in [6.07, 6.45) is -0.364. The fourth-order valence-electron chi connectivity index (χ4n) is 1.62. The number of carbonyl (C=O) groups excluding carboxylic acids is 1. The molecule has 1 aromatic rings. The van der Waals surface area contributed by atoms with Gasteiger partial charge in [-0.15, -0.1) is 0 Å². The number of ether oxygens (including phenoxy) is 2. The van der Waals surface area contributed by atoms with Gasteiger partial charge in [-0.3, -0.25) is 0 Å². The van der Waals surface area contributed by atoms with E-state index < -0.39 is 0 Å². The van der Waals surface area contributed by atoms with Crippen molar-refractivity contribution in [2.24, 2.45) is 0 Å². The highest BCUT2D eigenvalue weighted by molar-refractivity contribution is 6.36. The average Bonchev–Trinajstić information content (AvgIpc) is 2.85. The van der Waals surface area contributed by atoms with Crippen LogP contribution in [0, 0.1) is 0 Å². The molecule has 1 N–H and O–H groups in total. The van der Waals surface area contributed by atoms with Gasteiger partial charge in [0.25, 0.3) is 0 Å². The number of anilines is 1. The lowest BCUT2D eigenvalue weighted by atomic mass is 10.3. The van der Waals surface area contributed by atoms with Gasteiger partial charge in [0.1, 0.15) is 0 Å². The SMILES string of the molecule is CN(CC1OCCO1)C(=O)Nc1ccc(Cl)cc1Cl. The molecule has 2 amide bonds. The molecule has 1 saturated heterocycles. The van der Waals surface area contributed by atoms with Crippen LogP contribution >= 0.6 is 23.2 Å². The Morgan fingerprint density at radius 3 is 2.74 bits per heavy atom. The predicted molar refractivity (Wildman–Crippen MR) is 73.8 cm³/mol. The third kappa shape index (κ3) is 3.98. The van der Waals surface area contributed by atoms with Gasteiger partial charge in [0.2, 0.25) is 0 Å². The molecule has 1 fully saturated rings. The van der Waals surface area contributed by atoms with Gasteiger partial charge in [0.15, 0.2) is 6.29 Å². The Morgan fingerprint density at radius 1 is 1.42 bits per heavy atom. The summed E-state index contributed by atoms with van der Waals surface area (Å²) in [5.74, 6) is 0. The Kier molecular flexibility index (Phi) is 4.87. The number of rotatable bonds is 3. The summed E-state index contributed by atoms with van der Waals surface area (Å²) < 4.78 is 10.6. The third-order valence-corrected chi connectivity index (χ3v) is 3.18. The van der Waals surface area contributed by atoms with E-state index in [4.69, 9.17) is 32.7 Å². The number of likely N-dealkylation sites (N-methyl/N-ethyl adjacent to an activating group) is 1. The fraction of sp³-hybridized carbons (Fsp3) is 0.417. The van der Waals surface area contributed by atoms with Gasteiger partial charge in [0.05, 0.1) is 30.5 Å². The Balaban J connectivity index is 1.92. The highest BCUT2D eigenvalue weighted by atomic mass is 35.5. The molecule has 1 aliphatic heterocycles. The minimum atomic E-state index is -0.364. The molecule has 19 heavy (non-hydrogen) atoms. The van der Waals surface area contributed by atoms with E-state index in [0.29, 0.717) is 35.5 Å². The number of nitrogens with one attached hydrogen (secondary N) is 1. The van der Waals surface area contributed by atoms with E-state index in [0.717, 1.165) is 0 Å². The van der Waals surface area contributed by atoms with E-state index >= 15 is 0 Å². The van der Waals surface area contributed by atoms with E-state index in [1.165, 1.54) is 4.90 Å². The van der Waals surface area contributed by atoms with Gasteiger partial charge in [-0.1, -0.05) is 23.2 Å². The van der Waals surface area contributed by atoms with Crippen LogP contribution in [-0.4, -0.2) is 44.0 Å². The summed E-state index contributed by atoms with van der Waals surface area (Å²) in [5.41, 5.74) is 0.510. The maximum absolute atomic E-state index is 11.9. The van der Waals surface area contributed by atoms with E-state index in [9.17, 15) is 4.79 Å². The monoisotopic (exact) mass is 304 g/mol. The molecular formula is C12H14Cl2N2O3. The molecule has 0 saturated carbocycles. The Hall–Kier alpha value is -1.01. The van der Waals surface area contributed by atoms with Gasteiger partial charge in [-0.2, -0.15) is 0 Å². The number of hydrogen-bond donors (Lipinski definition) is 1. The zero-order valence-electron chi connectivity index (χ0n) is 10.4. The first-order valence-electron chi connectivity index (χ1n) is 5.76. The predicted octanol–water partition coefficient (Wildman–Crippen LogP) is 2.83. The topological polar surface area (TPSA) is 50.8 Å². The largest absolute Gasteiger partial charge is 0.348 e. The number of urea groups is 1. The molecule has 0 aliphatic carbocycles. The zero-order chi connectivity index (χ0) is 13.8. The highest BCUT2D eigenvalue weighted by Crippen LogP contribution is 2.25. The molecule has 2 rings (SSSR count). The quantitative estimate of drug-likeness (QED) is 0.934. The van der Waals surface area contributed by atoms with E-state index in [2.05, 4.69) is 5.32 Å². The number of nitrogens with zero attached hydrogens (tertiary/aromatic N) is 1. The molecule has 1 aliphatic rings. The van der Waals surface area contributed by atoms with Crippen molar-refractivity contribution in [1.29, 1.82) is 0 Å². The van der Waals surface area contributed by atoms with Gasteiger partial charge in [0, 0.05) is 12.1 Å². The molecule has 0 unspecified atom stereocenters. The van der Waals surface area contributed by atoms with Gasteiger partial charge in [-0.05, 0) is 18.2 Å². The van der Waals surface area contributed by atoms with Crippen molar-refractivity contribution in [3.63, 3.8) is 0 Å². The number of amides is 2. The molecule has 5 nitrogen and oxygen atoms in total. The second-order valence-electron chi connectivity index (χ2n) is 4.11.